The Labute approximate surface area is 93.2 Å². The van der Waals surface area contributed by atoms with Crippen LogP contribution in [0.4, 0.5) is 0 Å². The molecule has 1 rings (SSSR count). The molecule has 1 aliphatic heterocycles. The number of rotatable bonds is 4. The lowest BCUT2D eigenvalue weighted by Crippen LogP contribution is -2.33. The normalized spacial score (nSPS) is 22.5. The van der Waals surface area contributed by atoms with Gasteiger partial charge in [-0.25, -0.2) is 0 Å². The fourth-order valence-electron chi connectivity index (χ4n) is 2.10. The molecular weight excluding hydrogens is 188 g/mol. The zero-order valence-electron chi connectivity index (χ0n) is 10.1. The standard InChI is InChI=1S/C12H24N2O/c1-3-4-8-13-12-6-5-9-14(10-7-12)11(2)15/h12-13H,3-10H2,1-2H3. The topological polar surface area (TPSA) is 32.3 Å². The highest BCUT2D eigenvalue weighted by atomic mass is 16.2. The molecule has 1 heterocycles. The van der Waals surface area contributed by atoms with E-state index in [1.54, 1.807) is 6.92 Å². The van der Waals surface area contributed by atoms with E-state index >= 15 is 0 Å². The molecule has 0 aliphatic carbocycles. The molecule has 15 heavy (non-hydrogen) atoms. The molecule has 1 saturated heterocycles. The summed E-state index contributed by atoms with van der Waals surface area (Å²) in [5, 5.41) is 3.58. The molecule has 0 bridgehead atoms. The smallest absolute Gasteiger partial charge is 0.219 e. The molecule has 1 unspecified atom stereocenters. The predicted molar refractivity (Wildman–Crippen MR) is 62.8 cm³/mol. The van der Waals surface area contributed by atoms with E-state index in [2.05, 4.69) is 12.2 Å². The van der Waals surface area contributed by atoms with Crippen molar-refractivity contribution < 1.29 is 4.79 Å². The van der Waals surface area contributed by atoms with E-state index in [0.717, 1.165) is 32.5 Å². The van der Waals surface area contributed by atoms with Crippen molar-refractivity contribution in [2.75, 3.05) is 19.6 Å². The Morgan fingerprint density at radius 1 is 1.40 bits per heavy atom. The van der Waals surface area contributed by atoms with E-state index in [1.165, 1.54) is 19.3 Å². The molecule has 0 aromatic carbocycles. The summed E-state index contributed by atoms with van der Waals surface area (Å²) >= 11 is 0. The van der Waals surface area contributed by atoms with E-state index in [9.17, 15) is 4.79 Å². The van der Waals surface area contributed by atoms with E-state index < -0.39 is 0 Å². The third kappa shape index (κ3) is 4.65. The molecule has 1 atom stereocenters. The quantitative estimate of drug-likeness (QED) is 0.720. The number of unbranched alkanes of at least 4 members (excludes halogenated alkanes) is 1. The van der Waals surface area contributed by atoms with E-state index in [-0.39, 0.29) is 5.91 Å². The number of likely N-dealkylation sites (tertiary alicyclic amines) is 1. The summed E-state index contributed by atoms with van der Waals surface area (Å²) in [5.74, 6) is 0.226. The van der Waals surface area contributed by atoms with E-state index in [1.807, 2.05) is 4.90 Å². The monoisotopic (exact) mass is 212 g/mol. The van der Waals surface area contributed by atoms with Gasteiger partial charge in [0.15, 0.2) is 0 Å². The average Bonchev–Trinajstić information content (AvgIpc) is 2.44. The first kappa shape index (κ1) is 12.5. The van der Waals surface area contributed by atoms with Gasteiger partial charge in [0.25, 0.3) is 0 Å². The first-order valence-corrected chi connectivity index (χ1v) is 6.23. The molecule has 0 radical (unpaired) electrons. The van der Waals surface area contributed by atoms with Crippen LogP contribution in [0.2, 0.25) is 0 Å². The lowest BCUT2D eigenvalue weighted by Gasteiger charge is -2.18. The number of nitrogens with one attached hydrogen (secondary N) is 1. The molecule has 0 aromatic rings. The molecule has 0 aromatic heterocycles. The second kappa shape index (κ2) is 6.83. The molecule has 0 saturated carbocycles. The fraction of sp³-hybridized carbons (Fsp3) is 0.917. The minimum absolute atomic E-state index is 0.226. The third-order valence-corrected chi connectivity index (χ3v) is 3.14. The second-order valence-corrected chi connectivity index (χ2v) is 4.44. The van der Waals surface area contributed by atoms with Crippen LogP contribution in [-0.2, 0) is 4.79 Å². The van der Waals surface area contributed by atoms with Crippen molar-refractivity contribution in [1.29, 1.82) is 0 Å². The van der Waals surface area contributed by atoms with E-state index in [0.29, 0.717) is 6.04 Å². The fourth-order valence-corrected chi connectivity index (χ4v) is 2.10. The van der Waals surface area contributed by atoms with Gasteiger partial charge in [-0.15, -0.1) is 0 Å². The number of hydrogen-bond donors (Lipinski definition) is 1. The number of amides is 1. The van der Waals surface area contributed by atoms with Gasteiger partial charge in [0.05, 0.1) is 0 Å². The van der Waals surface area contributed by atoms with Crippen LogP contribution < -0.4 is 5.32 Å². The Balaban J connectivity index is 2.23. The first-order valence-electron chi connectivity index (χ1n) is 6.23. The number of carbonyl (C=O) groups excluding carboxylic acids is 1. The SMILES string of the molecule is CCCCNC1CCCN(C(C)=O)CC1. The maximum Gasteiger partial charge on any atom is 0.219 e. The summed E-state index contributed by atoms with van der Waals surface area (Å²) in [7, 11) is 0. The molecule has 88 valence electrons. The van der Waals surface area contributed by atoms with Gasteiger partial charge in [-0.2, -0.15) is 0 Å². The maximum absolute atomic E-state index is 11.2. The zero-order valence-corrected chi connectivity index (χ0v) is 10.1. The molecular formula is C12H24N2O. The Morgan fingerprint density at radius 3 is 2.87 bits per heavy atom. The highest BCUT2D eigenvalue weighted by Gasteiger charge is 2.17. The maximum atomic E-state index is 11.2. The summed E-state index contributed by atoms with van der Waals surface area (Å²) in [4.78, 5) is 13.2. The lowest BCUT2D eigenvalue weighted by molar-refractivity contribution is -0.128. The summed E-state index contributed by atoms with van der Waals surface area (Å²) in [6.07, 6.45) is 5.98. The van der Waals surface area contributed by atoms with Crippen molar-refractivity contribution in [2.45, 2.75) is 52.0 Å². The van der Waals surface area contributed by atoms with Gasteiger partial charge in [0.1, 0.15) is 0 Å². The van der Waals surface area contributed by atoms with Gasteiger partial charge in [-0.3, -0.25) is 4.79 Å². The number of hydrogen-bond acceptors (Lipinski definition) is 2. The van der Waals surface area contributed by atoms with Crippen molar-refractivity contribution in [3.05, 3.63) is 0 Å². The predicted octanol–water partition coefficient (Wildman–Crippen LogP) is 1.78. The van der Waals surface area contributed by atoms with Gasteiger partial charge < -0.3 is 10.2 Å². The minimum Gasteiger partial charge on any atom is -0.343 e. The molecule has 1 N–H and O–H groups in total. The van der Waals surface area contributed by atoms with Crippen LogP contribution in [0, 0.1) is 0 Å². The van der Waals surface area contributed by atoms with Gasteiger partial charge in [-0.1, -0.05) is 13.3 Å². The molecule has 3 nitrogen and oxygen atoms in total. The summed E-state index contributed by atoms with van der Waals surface area (Å²) in [5.41, 5.74) is 0. The molecule has 3 heteroatoms. The Bertz CT molecular complexity index is 194. The summed E-state index contributed by atoms with van der Waals surface area (Å²) < 4.78 is 0. The van der Waals surface area contributed by atoms with Crippen molar-refractivity contribution in [2.24, 2.45) is 0 Å². The van der Waals surface area contributed by atoms with Crippen molar-refractivity contribution >= 4 is 5.91 Å². The van der Waals surface area contributed by atoms with Crippen LogP contribution in [-0.4, -0.2) is 36.5 Å². The summed E-state index contributed by atoms with van der Waals surface area (Å²) in [6, 6.07) is 0.626. The van der Waals surface area contributed by atoms with Crippen LogP contribution in [0.5, 0.6) is 0 Å². The van der Waals surface area contributed by atoms with Gasteiger partial charge in [-0.05, 0) is 32.2 Å². The van der Waals surface area contributed by atoms with E-state index in [4.69, 9.17) is 0 Å². The van der Waals surface area contributed by atoms with Crippen LogP contribution in [0.15, 0.2) is 0 Å². The molecule has 1 aliphatic rings. The van der Waals surface area contributed by atoms with Crippen molar-refractivity contribution in [3.63, 3.8) is 0 Å². The Kier molecular flexibility index (Phi) is 5.69. The van der Waals surface area contributed by atoms with Crippen LogP contribution in [0.3, 0.4) is 0 Å². The Hall–Kier alpha value is -0.570. The average molecular weight is 212 g/mol. The summed E-state index contributed by atoms with van der Waals surface area (Å²) in [6.45, 7) is 6.89. The zero-order chi connectivity index (χ0) is 11.1. The molecule has 1 fully saturated rings. The third-order valence-electron chi connectivity index (χ3n) is 3.14. The van der Waals surface area contributed by atoms with Gasteiger partial charge >= 0.3 is 0 Å². The molecule has 1 amide bonds. The second-order valence-electron chi connectivity index (χ2n) is 4.44. The van der Waals surface area contributed by atoms with Gasteiger partial charge in [0, 0.05) is 26.1 Å². The number of nitrogens with zero attached hydrogens (tertiary/aromatic N) is 1. The van der Waals surface area contributed by atoms with Gasteiger partial charge in [0.2, 0.25) is 5.91 Å². The van der Waals surface area contributed by atoms with Crippen LogP contribution in [0.25, 0.3) is 0 Å². The minimum atomic E-state index is 0.226. The largest absolute Gasteiger partial charge is 0.343 e. The highest BCUT2D eigenvalue weighted by Crippen LogP contribution is 2.11. The Morgan fingerprint density at radius 2 is 2.20 bits per heavy atom. The van der Waals surface area contributed by atoms with Crippen LogP contribution >= 0.6 is 0 Å². The lowest BCUT2D eigenvalue weighted by atomic mass is 10.1. The van der Waals surface area contributed by atoms with Crippen molar-refractivity contribution in [3.8, 4) is 0 Å². The number of carbonyl (C=O) groups is 1. The van der Waals surface area contributed by atoms with Crippen LogP contribution in [0.1, 0.15) is 46.0 Å². The first-order chi connectivity index (χ1) is 7.24. The van der Waals surface area contributed by atoms with Crippen molar-refractivity contribution in [1.82, 2.24) is 10.2 Å². The highest BCUT2D eigenvalue weighted by molar-refractivity contribution is 5.73. The molecule has 0 spiro atoms.